The molecule has 2 fully saturated rings. The fourth-order valence-electron chi connectivity index (χ4n) is 3.25. The van der Waals surface area contributed by atoms with Crippen LogP contribution in [0.25, 0.3) is 0 Å². The van der Waals surface area contributed by atoms with Crippen molar-refractivity contribution in [2.24, 2.45) is 11.1 Å². The maximum Gasteiger partial charge on any atom is 0.253 e. The normalized spacial score (nSPS) is 24.3. The van der Waals surface area contributed by atoms with Crippen LogP contribution in [0.4, 0.5) is 0 Å². The number of nitrogens with two attached hydrogens (primary N) is 1. The van der Waals surface area contributed by atoms with E-state index in [4.69, 9.17) is 10.5 Å². The molecule has 0 aromatic heterocycles. The third-order valence-corrected chi connectivity index (χ3v) is 6.96. The number of likely N-dealkylation sites (tertiary alicyclic amines) is 1. The molecule has 9 heteroatoms. The molecule has 2 aliphatic heterocycles. The molecule has 2 N–H and O–H groups in total. The van der Waals surface area contributed by atoms with Crippen molar-refractivity contribution in [1.29, 1.82) is 0 Å². The van der Waals surface area contributed by atoms with Crippen LogP contribution in [-0.2, 0) is 14.8 Å². The van der Waals surface area contributed by atoms with E-state index in [1.165, 1.54) is 16.4 Å². The van der Waals surface area contributed by atoms with Crippen molar-refractivity contribution in [2.75, 3.05) is 45.9 Å². The quantitative estimate of drug-likeness (QED) is 0.807. The fraction of sp³-hybridized carbons (Fsp3) is 0.588. The van der Waals surface area contributed by atoms with Gasteiger partial charge in [0, 0.05) is 31.7 Å². The zero-order valence-corrected chi connectivity index (χ0v) is 16.5. The fourth-order valence-corrected chi connectivity index (χ4v) is 4.66. The van der Waals surface area contributed by atoms with Crippen LogP contribution in [0.15, 0.2) is 29.2 Å². The lowest BCUT2D eigenvalue weighted by Crippen LogP contribution is -2.40. The smallest absolute Gasteiger partial charge is 0.253 e. The number of nitrogens with zero attached hydrogens (tertiary/aromatic N) is 2. The minimum atomic E-state index is -3.53. The van der Waals surface area contributed by atoms with Crippen LogP contribution in [0.3, 0.4) is 0 Å². The zero-order chi connectivity index (χ0) is 18.1. The molecular formula is C17H26ClN3O4S. The van der Waals surface area contributed by atoms with Gasteiger partial charge < -0.3 is 15.4 Å². The van der Waals surface area contributed by atoms with Gasteiger partial charge in [0.25, 0.3) is 5.91 Å². The van der Waals surface area contributed by atoms with E-state index in [-0.39, 0.29) is 28.6 Å². The van der Waals surface area contributed by atoms with Gasteiger partial charge in [-0.2, -0.15) is 4.31 Å². The van der Waals surface area contributed by atoms with Crippen LogP contribution in [-0.4, -0.2) is 69.5 Å². The Balaban J connectivity index is 0.00000243. The third kappa shape index (κ3) is 4.20. The SMILES string of the molecule is CC1(CN)CCN(C(=O)c2ccc(S(=O)(=O)N3CCOCC3)cc2)C1.Cl. The van der Waals surface area contributed by atoms with Crippen molar-refractivity contribution in [2.45, 2.75) is 18.2 Å². The summed E-state index contributed by atoms with van der Waals surface area (Å²) in [5.41, 5.74) is 6.26. The summed E-state index contributed by atoms with van der Waals surface area (Å²) in [5.74, 6) is -0.0764. The summed E-state index contributed by atoms with van der Waals surface area (Å²) >= 11 is 0. The standard InChI is InChI=1S/C17H25N3O4S.ClH/c1-17(12-18)6-7-19(13-17)16(21)14-2-4-15(5-3-14)25(22,23)20-8-10-24-11-9-20;/h2-5H,6-13,18H2,1H3;1H. The van der Waals surface area contributed by atoms with Gasteiger partial charge in [-0.15, -0.1) is 12.4 Å². The highest BCUT2D eigenvalue weighted by atomic mass is 35.5. The number of ether oxygens (including phenoxy) is 1. The molecule has 146 valence electrons. The monoisotopic (exact) mass is 403 g/mol. The zero-order valence-electron chi connectivity index (χ0n) is 14.9. The summed E-state index contributed by atoms with van der Waals surface area (Å²) in [6.45, 7) is 5.47. The molecule has 1 amide bonds. The number of rotatable bonds is 4. The first-order chi connectivity index (χ1) is 11.9. The topological polar surface area (TPSA) is 92.9 Å². The highest BCUT2D eigenvalue weighted by Gasteiger charge is 2.35. The molecule has 0 saturated carbocycles. The van der Waals surface area contributed by atoms with Crippen molar-refractivity contribution in [3.05, 3.63) is 29.8 Å². The summed E-state index contributed by atoms with van der Waals surface area (Å²) in [4.78, 5) is 14.6. The molecule has 26 heavy (non-hydrogen) atoms. The van der Waals surface area contributed by atoms with Gasteiger partial charge in [0.2, 0.25) is 10.0 Å². The molecule has 2 saturated heterocycles. The first kappa shape index (κ1) is 21.1. The van der Waals surface area contributed by atoms with Gasteiger partial charge >= 0.3 is 0 Å². The maximum atomic E-state index is 12.6. The lowest BCUT2D eigenvalue weighted by molar-refractivity contribution is 0.0730. The summed E-state index contributed by atoms with van der Waals surface area (Å²) < 4.78 is 31.8. The third-order valence-electron chi connectivity index (χ3n) is 5.05. The van der Waals surface area contributed by atoms with E-state index in [1.807, 2.05) is 0 Å². The number of hydrogen-bond donors (Lipinski definition) is 1. The first-order valence-corrected chi connectivity index (χ1v) is 9.97. The number of amides is 1. The second kappa shape index (κ2) is 8.22. The van der Waals surface area contributed by atoms with E-state index >= 15 is 0 Å². The van der Waals surface area contributed by atoms with E-state index in [0.29, 0.717) is 51.5 Å². The van der Waals surface area contributed by atoms with E-state index in [1.54, 1.807) is 17.0 Å². The van der Waals surface area contributed by atoms with E-state index in [0.717, 1.165) is 6.42 Å². The van der Waals surface area contributed by atoms with Crippen LogP contribution in [0.1, 0.15) is 23.7 Å². The number of benzene rings is 1. The molecule has 1 unspecified atom stereocenters. The molecule has 2 heterocycles. The van der Waals surface area contributed by atoms with Crippen molar-refractivity contribution in [3.63, 3.8) is 0 Å². The predicted octanol–water partition coefficient (Wildman–Crippen LogP) is 0.940. The molecule has 0 spiro atoms. The van der Waals surface area contributed by atoms with Gasteiger partial charge in [-0.25, -0.2) is 8.42 Å². The summed E-state index contributed by atoms with van der Waals surface area (Å²) in [5, 5.41) is 0. The second-order valence-corrected chi connectivity index (χ2v) is 8.97. The minimum Gasteiger partial charge on any atom is -0.379 e. The van der Waals surface area contributed by atoms with Crippen molar-refractivity contribution in [3.8, 4) is 0 Å². The van der Waals surface area contributed by atoms with Crippen molar-refractivity contribution >= 4 is 28.3 Å². The van der Waals surface area contributed by atoms with Gasteiger partial charge in [-0.3, -0.25) is 4.79 Å². The Morgan fingerprint density at radius 1 is 1.19 bits per heavy atom. The number of carbonyl (C=O) groups is 1. The summed E-state index contributed by atoms with van der Waals surface area (Å²) in [7, 11) is -3.53. The molecule has 0 radical (unpaired) electrons. The minimum absolute atomic E-state index is 0. The van der Waals surface area contributed by atoms with Gasteiger partial charge in [0.1, 0.15) is 0 Å². The van der Waals surface area contributed by atoms with Crippen LogP contribution in [0.2, 0.25) is 0 Å². The number of morpholine rings is 1. The average Bonchev–Trinajstić information content (AvgIpc) is 3.05. The highest BCUT2D eigenvalue weighted by Crippen LogP contribution is 2.29. The first-order valence-electron chi connectivity index (χ1n) is 8.53. The lowest BCUT2D eigenvalue weighted by atomic mass is 9.90. The van der Waals surface area contributed by atoms with Crippen LogP contribution >= 0.6 is 12.4 Å². The molecule has 0 aliphatic carbocycles. The molecule has 0 bridgehead atoms. The summed E-state index contributed by atoms with van der Waals surface area (Å²) in [6, 6.07) is 6.20. The van der Waals surface area contributed by atoms with Crippen LogP contribution < -0.4 is 5.73 Å². The Hall–Kier alpha value is -1.19. The Labute approximate surface area is 160 Å². The van der Waals surface area contributed by atoms with Gasteiger partial charge in [0.05, 0.1) is 18.1 Å². The molecular weight excluding hydrogens is 378 g/mol. The van der Waals surface area contributed by atoms with Crippen LogP contribution in [0.5, 0.6) is 0 Å². The van der Waals surface area contributed by atoms with E-state index in [2.05, 4.69) is 6.92 Å². The molecule has 7 nitrogen and oxygen atoms in total. The Morgan fingerprint density at radius 2 is 1.81 bits per heavy atom. The molecule has 1 aromatic rings. The Morgan fingerprint density at radius 3 is 2.35 bits per heavy atom. The van der Waals surface area contributed by atoms with Gasteiger partial charge in [0.15, 0.2) is 0 Å². The number of sulfonamides is 1. The second-order valence-electron chi connectivity index (χ2n) is 7.03. The van der Waals surface area contributed by atoms with E-state index < -0.39 is 10.0 Å². The van der Waals surface area contributed by atoms with Crippen LogP contribution in [0, 0.1) is 5.41 Å². The van der Waals surface area contributed by atoms with Gasteiger partial charge in [-0.05, 0) is 42.6 Å². The number of halogens is 1. The number of carbonyl (C=O) groups excluding carboxylic acids is 1. The Bertz CT molecular complexity index is 735. The molecule has 1 atom stereocenters. The Kier molecular flexibility index (Phi) is 6.68. The average molecular weight is 404 g/mol. The number of hydrogen-bond acceptors (Lipinski definition) is 5. The van der Waals surface area contributed by atoms with Gasteiger partial charge in [-0.1, -0.05) is 6.92 Å². The predicted molar refractivity (Wildman–Crippen MR) is 101 cm³/mol. The summed E-state index contributed by atoms with van der Waals surface area (Å²) in [6.07, 6.45) is 0.888. The lowest BCUT2D eigenvalue weighted by Gasteiger charge is -2.26. The molecule has 3 rings (SSSR count). The van der Waals surface area contributed by atoms with E-state index in [9.17, 15) is 13.2 Å². The molecule has 1 aromatic carbocycles. The largest absolute Gasteiger partial charge is 0.379 e. The maximum absolute atomic E-state index is 12.6. The molecule has 2 aliphatic rings. The highest BCUT2D eigenvalue weighted by molar-refractivity contribution is 7.89. The van der Waals surface area contributed by atoms with Crippen molar-refractivity contribution < 1.29 is 17.9 Å². The van der Waals surface area contributed by atoms with Crippen molar-refractivity contribution in [1.82, 2.24) is 9.21 Å².